The SMILES string of the molecule is CC.CC1CCn2c(=O)n(CC3COC(C)(C)O3)c3cccc1c32. The van der Waals surface area contributed by atoms with E-state index in [0.29, 0.717) is 19.1 Å². The molecule has 5 heteroatoms. The largest absolute Gasteiger partial charge is 0.348 e. The minimum Gasteiger partial charge on any atom is -0.348 e. The number of hydrogen-bond acceptors (Lipinski definition) is 3. The number of aryl methyl sites for hydroxylation is 1. The molecule has 5 nitrogen and oxygen atoms in total. The van der Waals surface area contributed by atoms with E-state index < -0.39 is 5.79 Å². The van der Waals surface area contributed by atoms with Crippen LogP contribution >= 0.6 is 0 Å². The molecule has 0 saturated carbocycles. The molecule has 2 aromatic rings. The van der Waals surface area contributed by atoms with Gasteiger partial charge in [0, 0.05) is 6.54 Å². The quantitative estimate of drug-likeness (QED) is 0.846. The number of aromatic nitrogens is 2. The highest BCUT2D eigenvalue weighted by molar-refractivity contribution is 5.81. The normalized spacial score (nSPS) is 24.7. The number of nitrogens with zero attached hydrogens (tertiary/aromatic N) is 2. The molecule has 2 unspecified atom stereocenters. The molecular formula is C19H28N2O3. The molecule has 24 heavy (non-hydrogen) atoms. The van der Waals surface area contributed by atoms with Crippen LogP contribution in [0.4, 0.5) is 0 Å². The fourth-order valence-electron chi connectivity index (χ4n) is 3.72. The van der Waals surface area contributed by atoms with Crippen LogP contribution in [0.3, 0.4) is 0 Å². The van der Waals surface area contributed by atoms with Crippen LogP contribution in [0.15, 0.2) is 23.0 Å². The number of ether oxygens (including phenoxy) is 2. The highest BCUT2D eigenvalue weighted by Crippen LogP contribution is 2.32. The van der Waals surface area contributed by atoms with Gasteiger partial charge in [0.25, 0.3) is 0 Å². The molecule has 2 atom stereocenters. The average Bonchev–Trinajstić information content (AvgIpc) is 3.05. The van der Waals surface area contributed by atoms with Gasteiger partial charge < -0.3 is 9.47 Å². The second kappa shape index (κ2) is 6.37. The third-order valence-corrected chi connectivity index (χ3v) is 4.84. The van der Waals surface area contributed by atoms with Crippen LogP contribution in [0.2, 0.25) is 0 Å². The smallest absolute Gasteiger partial charge is 0.329 e. The summed E-state index contributed by atoms with van der Waals surface area (Å²) in [6.07, 6.45) is 0.945. The Morgan fingerprint density at radius 1 is 1.29 bits per heavy atom. The average molecular weight is 332 g/mol. The first-order chi connectivity index (χ1) is 11.5. The highest BCUT2D eigenvalue weighted by Gasteiger charge is 2.34. The number of rotatable bonds is 2. The van der Waals surface area contributed by atoms with Crippen molar-refractivity contribution in [3.05, 3.63) is 34.2 Å². The second-order valence-corrected chi connectivity index (χ2v) is 6.90. The predicted molar refractivity (Wildman–Crippen MR) is 95.5 cm³/mol. The van der Waals surface area contributed by atoms with Crippen LogP contribution in [0.25, 0.3) is 11.0 Å². The first-order valence-electron chi connectivity index (χ1n) is 9.00. The van der Waals surface area contributed by atoms with E-state index in [2.05, 4.69) is 19.1 Å². The molecule has 0 amide bonds. The second-order valence-electron chi connectivity index (χ2n) is 6.90. The van der Waals surface area contributed by atoms with Gasteiger partial charge in [0.15, 0.2) is 5.79 Å². The van der Waals surface area contributed by atoms with Gasteiger partial charge in [-0.05, 0) is 37.8 Å². The van der Waals surface area contributed by atoms with Gasteiger partial charge in [0.2, 0.25) is 0 Å². The molecule has 132 valence electrons. The van der Waals surface area contributed by atoms with E-state index in [4.69, 9.17) is 9.47 Å². The zero-order valence-electron chi connectivity index (χ0n) is 15.3. The molecule has 1 aromatic heterocycles. The van der Waals surface area contributed by atoms with Crippen molar-refractivity contribution in [1.29, 1.82) is 0 Å². The van der Waals surface area contributed by atoms with Crippen molar-refractivity contribution in [2.24, 2.45) is 0 Å². The Morgan fingerprint density at radius 3 is 2.71 bits per heavy atom. The molecule has 0 bridgehead atoms. The summed E-state index contributed by atoms with van der Waals surface area (Å²) in [5, 5.41) is 0. The minimum absolute atomic E-state index is 0.0719. The van der Waals surface area contributed by atoms with Crippen LogP contribution in [0, 0.1) is 0 Å². The Hall–Kier alpha value is -1.59. The van der Waals surface area contributed by atoms with Gasteiger partial charge in [-0.25, -0.2) is 4.79 Å². The van der Waals surface area contributed by atoms with Crippen molar-refractivity contribution < 1.29 is 9.47 Å². The fraction of sp³-hybridized carbons (Fsp3) is 0.632. The van der Waals surface area contributed by atoms with Gasteiger partial charge in [0.05, 0.1) is 24.2 Å². The van der Waals surface area contributed by atoms with Gasteiger partial charge in [-0.1, -0.05) is 32.9 Å². The van der Waals surface area contributed by atoms with Crippen molar-refractivity contribution in [2.75, 3.05) is 6.61 Å². The van der Waals surface area contributed by atoms with Crippen molar-refractivity contribution in [1.82, 2.24) is 9.13 Å². The maximum Gasteiger partial charge on any atom is 0.329 e. The summed E-state index contributed by atoms with van der Waals surface area (Å²) in [5.74, 6) is -0.0516. The van der Waals surface area contributed by atoms with Gasteiger partial charge in [-0.15, -0.1) is 0 Å². The van der Waals surface area contributed by atoms with E-state index in [1.165, 1.54) is 5.56 Å². The molecule has 0 spiro atoms. The Balaban J connectivity index is 0.000000815. The first kappa shape index (κ1) is 17.2. The standard InChI is InChI=1S/C17H22N2O3.C2H6/c1-11-7-8-18-15-13(11)5-4-6-14(15)19(16(18)20)9-12-10-21-17(2,3)22-12;1-2/h4-6,11-12H,7-10H2,1-3H3;1-2H3. The maximum atomic E-state index is 12.8. The highest BCUT2D eigenvalue weighted by atomic mass is 16.7. The zero-order chi connectivity index (χ0) is 17.5. The molecule has 0 N–H and O–H groups in total. The zero-order valence-corrected chi connectivity index (χ0v) is 15.3. The van der Waals surface area contributed by atoms with E-state index in [-0.39, 0.29) is 11.8 Å². The van der Waals surface area contributed by atoms with Gasteiger partial charge in [-0.2, -0.15) is 0 Å². The molecule has 4 rings (SSSR count). The van der Waals surface area contributed by atoms with Crippen LogP contribution in [-0.2, 0) is 22.6 Å². The summed E-state index contributed by atoms with van der Waals surface area (Å²) >= 11 is 0. The summed E-state index contributed by atoms with van der Waals surface area (Å²) < 4.78 is 15.3. The van der Waals surface area contributed by atoms with Gasteiger partial charge >= 0.3 is 5.69 Å². The van der Waals surface area contributed by atoms with E-state index in [0.717, 1.165) is 24.0 Å². The predicted octanol–water partition coefficient (Wildman–Crippen LogP) is 3.49. The molecule has 1 aromatic carbocycles. The molecule has 0 aliphatic carbocycles. The molecule has 2 aliphatic heterocycles. The lowest BCUT2D eigenvalue weighted by atomic mass is 9.94. The van der Waals surface area contributed by atoms with Crippen molar-refractivity contribution in [3.63, 3.8) is 0 Å². The summed E-state index contributed by atoms with van der Waals surface area (Å²) in [6, 6.07) is 6.23. The first-order valence-corrected chi connectivity index (χ1v) is 9.00. The minimum atomic E-state index is -0.555. The number of para-hydroxylation sites is 1. The van der Waals surface area contributed by atoms with Crippen molar-refractivity contribution in [2.45, 2.75) is 71.9 Å². The van der Waals surface area contributed by atoms with E-state index in [1.54, 1.807) is 0 Å². The van der Waals surface area contributed by atoms with Crippen LogP contribution < -0.4 is 5.69 Å². The third-order valence-electron chi connectivity index (χ3n) is 4.84. The summed E-state index contributed by atoms with van der Waals surface area (Å²) in [7, 11) is 0. The fourth-order valence-corrected chi connectivity index (χ4v) is 3.72. The van der Waals surface area contributed by atoms with Gasteiger partial charge in [-0.3, -0.25) is 9.13 Å². The van der Waals surface area contributed by atoms with E-state index >= 15 is 0 Å². The lowest BCUT2D eigenvalue weighted by Crippen LogP contribution is -2.31. The van der Waals surface area contributed by atoms with Crippen molar-refractivity contribution >= 4 is 11.0 Å². The molecule has 0 radical (unpaired) electrons. The topological polar surface area (TPSA) is 45.4 Å². The molecule has 1 fully saturated rings. The summed E-state index contributed by atoms with van der Waals surface area (Å²) in [4.78, 5) is 12.8. The maximum absolute atomic E-state index is 12.8. The Morgan fingerprint density at radius 2 is 2.04 bits per heavy atom. The van der Waals surface area contributed by atoms with E-state index in [9.17, 15) is 4.79 Å². The van der Waals surface area contributed by atoms with Crippen molar-refractivity contribution in [3.8, 4) is 0 Å². The molecule has 1 saturated heterocycles. The number of hydrogen-bond donors (Lipinski definition) is 0. The Kier molecular flexibility index (Phi) is 4.58. The van der Waals surface area contributed by atoms with Crippen LogP contribution in [0.5, 0.6) is 0 Å². The molecular weight excluding hydrogens is 304 g/mol. The van der Waals surface area contributed by atoms with E-state index in [1.807, 2.05) is 42.9 Å². The number of imidazole rings is 1. The van der Waals surface area contributed by atoms with Crippen LogP contribution in [-0.4, -0.2) is 27.6 Å². The molecule has 3 heterocycles. The monoisotopic (exact) mass is 332 g/mol. The summed E-state index contributed by atoms with van der Waals surface area (Å²) in [6.45, 7) is 11.9. The number of benzene rings is 1. The third kappa shape index (κ3) is 2.80. The Labute approximate surface area is 143 Å². The van der Waals surface area contributed by atoms with Gasteiger partial charge in [0.1, 0.15) is 6.10 Å². The Bertz CT molecular complexity index is 788. The lowest BCUT2D eigenvalue weighted by Gasteiger charge is -2.20. The summed E-state index contributed by atoms with van der Waals surface area (Å²) in [5.41, 5.74) is 3.47. The lowest BCUT2D eigenvalue weighted by molar-refractivity contribution is -0.139. The van der Waals surface area contributed by atoms with Crippen LogP contribution in [0.1, 0.15) is 52.5 Å². The molecule has 2 aliphatic rings.